The lowest BCUT2D eigenvalue weighted by atomic mass is 10.2. The lowest BCUT2D eigenvalue weighted by Gasteiger charge is -2.04. The van der Waals surface area contributed by atoms with E-state index in [2.05, 4.69) is 15.9 Å². The van der Waals surface area contributed by atoms with E-state index in [0.29, 0.717) is 10.6 Å². The Morgan fingerprint density at radius 1 is 1.16 bits per heavy atom. The van der Waals surface area contributed by atoms with E-state index in [1.165, 1.54) is 12.1 Å². The molecule has 0 spiro atoms. The summed E-state index contributed by atoms with van der Waals surface area (Å²) in [4.78, 5) is 11.4. The van der Waals surface area contributed by atoms with Crippen molar-refractivity contribution < 1.29 is 14.1 Å². The van der Waals surface area contributed by atoms with Gasteiger partial charge in [0, 0.05) is 9.37 Å². The van der Waals surface area contributed by atoms with Crippen LogP contribution in [-0.2, 0) is 16.6 Å². The highest BCUT2D eigenvalue weighted by Gasteiger charge is 2.09. The highest BCUT2D eigenvalue weighted by atomic mass is 79.9. The van der Waals surface area contributed by atoms with Crippen LogP contribution in [0, 0.1) is 0 Å². The van der Waals surface area contributed by atoms with E-state index in [-0.39, 0.29) is 5.56 Å². The molecule has 0 saturated heterocycles. The molecule has 1 atom stereocenters. The zero-order valence-corrected chi connectivity index (χ0v) is 12.3. The number of carboxylic acids is 1. The number of benzene rings is 2. The molecule has 0 amide bonds. The van der Waals surface area contributed by atoms with Crippen LogP contribution >= 0.6 is 15.9 Å². The van der Waals surface area contributed by atoms with Crippen LogP contribution < -0.4 is 0 Å². The highest BCUT2D eigenvalue weighted by molar-refractivity contribution is 9.10. The van der Waals surface area contributed by atoms with Gasteiger partial charge in [0.1, 0.15) is 0 Å². The average Bonchev–Trinajstić information content (AvgIpc) is 2.39. The van der Waals surface area contributed by atoms with E-state index < -0.39 is 16.8 Å². The summed E-state index contributed by atoms with van der Waals surface area (Å²) in [6, 6.07) is 13.8. The van der Waals surface area contributed by atoms with Crippen molar-refractivity contribution in [2.24, 2.45) is 0 Å². The number of aromatic carboxylic acids is 1. The Labute approximate surface area is 121 Å². The second kappa shape index (κ2) is 6.12. The second-order valence-corrected chi connectivity index (χ2v) is 6.32. The zero-order valence-electron chi connectivity index (χ0n) is 9.88. The van der Waals surface area contributed by atoms with Crippen LogP contribution in [0.2, 0.25) is 0 Å². The first-order valence-electron chi connectivity index (χ1n) is 5.52. The number of hydrogen-bond donors (Lipinski definition) is 1. The first-order chi connectivity index (χ1) is 9.06. The topological polar surface area (TPSA) is 54.4 Å². The number of carbonyl (C=O) groups is 1. The zero-order chi connectivity index (χ0) is 13.8. The van der Waals surface area contributed by atoms with Gasteiger partial charge in [-0.05, 0) is 35.9 Å². The van der Waals surface area contributed by atoms with Crippen molar-refractivity contribution in [2.75, 3.05) is 0 Å². The van der Waals surface area contributed by atoms with Gasteiger partial charge < -0.3 is 5.11 Å². The molecule has 0 saturated carbocycles. The highest BCUT2D eigenvalue weighted by Crippen LogP contribution is 2.17. The fourth-order valence-electron chi connectivity index (χ4n) is 1.63. The van der Waals surface area contributed by atoms with Crippen LogP contribution in [0.1, 0.15) is 15.9 Å². The summed E-state index contributed by atoms with van der Waals surface area (Å²) in [6.07, 6.45) is 0. The van der Waals surface area contributed by atoms with Crippen LogP contribution in [0.4, 0.5) is 0 Å². The SMILES string of the molecule is O=C(O)c1cccc(S(=O)Cc2cccc(Br)c2)c1. The molecular formula is C14H11BrO3S. The molecule has 0 aliphatic rings. The second-order valence-electron chi connectivity index (χ2n) is 3.95. The van der Waals surface area contributed by atoms with Gasteiger partial charge in [-0.15, -0.1) is 0 Å². The van der Waals surface area contributed by atoms with E-state index in [0.717, 1.165) is 10.0 Å². The predicted octanol–water partition coefficient (Wildman–Crippen LogP) is 3.46. The first kappa shape index (κ1) is 14.0. The van der Waals surface area contributed by atoms with Gasteiger partial charge in [-0.1, -0.05) is 34.1 Å². The molecule has 2 aromatic rings. The molecule has 1 unspecified atom stereocenters. The van der Waals surface area contributed by atoms with E-state index >= 15 is 0 Å². The minimum Gasteiger partial charge on any atom is -0.478 e. The van der Waals surface area contributed by atoms with Gasteiger partial charge in [0.15, 0.2) is 0 Å². The van der Waals surface area contributed by atoms with Gasteiger partial charge in [0.2, 0.25) is 0 Å². The summed E-state index contributed by atoms with van der Waals surface area (Å²) >= 11 is 3.36. The van der Waals surface area contributed by atoms with Crippen LogP contribution in [0.5, 0.6) is 0 Å². The largest absolute Gasteiger partial charge is 0.478 e. The smallest absolute Gasteiger partial charge is 0.335 e. The number of rotatable bonds is 4. The molecule has 0 bridgehead atoms. The van der Waals surface area contributed by atoms with Crippen molar-refractivity contribution in [3.05, 3.63) is 64.1 Å². The average molecular weight is 339 g/mol. The Hall–Kier alpha value is -1.46. The molecule has 0 aliphatic heterocycles. The Morgan fingerprint density at radius 2 is 1.89 bits per heavy atom. The maximum absolute atomic E-state index is 12.2. The van der Waals surface area contributed by atoms with Gasteiger partial charge >= 0.3 is 5.97 Å². The van der Waals surface area contributed by atoms with E-state index in [4.69, 9.17) is 5.11 Å². The van der Waals surface area contributed by atoms with E-state index in [9.17, 15) is 9.00 Å². The van der Waals surface area contributed by atoms with Crippen molar-refractivity contribution >= 4 is 32.7 Å². The van der Waals surface area contributed by atoms with Crippen molar-refractivity contribution in [1.29, 1.82) is 0 Å². The monoisotopic (exact) mass is 338 g/mol. The maximum atomic E-state index is 12.2. The summed E-state index contributed by atoms with van der Waals surface area (Å²) in [7, 11) is -1.25. The Bertz CT molecular complexity index is 640. The minimum atomic E-state index is -1.25. The van der Waals surface area contributed by atoms with Crippen LogP contribution in [-0.4, -0.2) is 15.3 Å². The third-order valence-electron chi connectivity index (χ3n) is 2.53. The molecule has 0 aliphatic carbocycles. The number of halogens is 1. The molecule has 0 fully saturated rings. The summed E-state index contributed by atoms with van der Waals surface area (Å²) in [5.41, 5.74) is 1.09. The van der Waals surface area contributed by atoms with Crippen LogP contribution in [0.3, 0.4) is 0 Å². The summed E-state index contributed by atoms with van der Waals surface area (Å²) in [6.45, 7) is 0. The molecule has 19 heavy (non-hydrogen) atoms. The van der Waals surface area contributed by atoms with E-state index in [1.807, 2.05) is 24.3 Å². The molecule has 5 heteroatoms. The van der Waals surface area contributed by atoms with Crippen molar-refractivity contribution in [3.8, 4) is 0 Å². The Kier molecular flexibility index (Phi) is 4.50. The minimum absolute atomic E-state index is 0.153. The maximum Gasteiger partial charge on any atom is 0.335 e. The summed E-state index contributed by atoms with van der Waals surface area (Å²) in [5, 5.41) is 8.91. The van der Waals surface area contributed by atoms with Crippen LogP contribution in [0.15, 0.2) is 57.9 Å². The lowest BCUT2D eigenvalue weighted by molar-refractivity contribution is 0.0696. The fraction of sp³-hybridized carbons (Fsp3) is 0.0714. The predicted molar refractivity (Wildman–Crippen MR) is 77.7 cm³/mol. The number of hydrogen-bond acceptors (Lipinski definition) is 2. The van der Waals surface area contributed by atoms with Gasteiger partial charge in [-0.3, -0.25) is 4.21 Å². The third-order valence-corrected chi connectivity index (χ3v) is 4.40. The molecule has 98 valence electrons. The number of carboxylic acid groups (broad SMARTS) is 1. The molecule has 1 N–H and O–H groups in total. The van der Waals surface area contributed by atoms with Crippen molar-refractivity contribution in [1.82, 2.24) is 0 Å². The molecule has 2 aromatic carbocycles. The molecular weight excluding hydrogens is 328 g/mol. The van der Waals surface area contributed by atoms with E-state index in [1.54, 1.807) is 12.1 Å². The van der Waals surface area contributed by atoms with Crippen LogP contribution in [0.25, 0.3) is 0 Å². The summed E-state index contributed by atoms with van der Waals surface area (Å²) < 4.78 is 13.1. The van der Waals surface area contributed by atoms with Crippen molar-refractivity contribution in [2.45, 2.75) is 10.6 Å². The van der Waals surface area contributed by atoms with Crippen molar-refractivity contribution in [3.63, 3.8) is 0 Å². The standard InChI is InChI=1S/C14H11BrO3S/c15-12-5-1-3-10(7-12)9-19(18)13-6-2-4-11(8-13)14(16)17/h1-8H,9H2,(H,16,17). The molecule has 2 rings (SSSR count). The van der Waals surface area contributed by atoms with Gasteiger partial charge in [0.05, 0.1) is 22.1 Å². The van der Waals surface area contributed by atoms with Gasteiger partial charge in [-0.25, -0.2) is 4.79 Å². The third kappa shape index (κ3) is 3.75. The van der Waals surface area contributed by atoms with Gasteiger partial charge in [0.25, 0.3) is 0 Å². The Morgan fingerprint density at radius 3 is 2.58 bits per heavy atom. The normalized spacial score (nSPS) is 12.1. The fourth-order valence-corrected chi connectivity index (χ4v) is 3.22. The first-order valence-corrected chi connectivity index (χ1v) is 7.63. The molecule has 3 nitrogen and oxygen atoms in total. The molecule has 0 heterocycles. The summed E-state index contributed by atoms with van der Waals surface area (Å²) in [5.74, 6) is -0.649. The lowest BCUT2D eigenvalue weighted by Crippen LogP contribution is -2.00. The molecule has 0 aromatic heterocycles. The molecule has 0 radical (unpaired) electrons. The van der Waals surface area contributed by atoms with Gasteiger partial charge in [-0.2, -0.15) is 0 Å². The Balaban J connectivity index is 2.20. The quantitative estimate of drug-likeness (QED) is 0.928.